The van der Waals surface area contributed by atoms with E-state index < -0.39 is 5.25 Å². The molecule has 0 N–H and O–H groups in total. The molecule has 106 valence electrons. The Hall–Kier alpha value is -1.62. The van der Waals surface area contributed by atoms with Crippen molar-refractivity contribution in [2.45, 2.75) is 38.9 Å². The molecule has 0 aromatic carbocycles. The van der Waals surface area contributed by atoms with Crippen LogP contribution in [-0.4, -0.2) is 25.8 Å². The number of carbonyl (C=O) groups is 2. The van der Waals surface area contributed by atoms with Crippen molar-refractivity contribution in [3.8, 4) is 0 Å². The van der Waals surface area contributed by atoms with E-state index in [4.69, 9.17) is 0 Å². The van der Waals surface area contributed by atoms with Crippen LogP contribution in [0.1, 0.15) is 49.7 Å². The van der Waals surface area contributed by atoms with Crippen LogP contribution in [0.5, 0.6) is 0 Å². The standard InChI is InChI=1S/C15H18N2O2S/c1-9(2)14-13(15(19)10(3)20-11(4)18)12-7-5-6-8-17(12)16-14/h5-10H,1-4H3. The lowest BCUT2D eigenvalue weighted by molar-refractivity contribution is -0.109. The number of aromatic nitrogens is 2. The molecule has 0 bridgehead atoms. The third kappa shape index (κ3) is 2.77. The fraction of sp³-hybridized carbons (Fsp3) is 0.400. The third-order valence-corrected chi connectivity index (χ3v) is 3.97. The van der Waals surface area contributed by atoms with E-state index in [-0.39, 0.29) is 16.8 Å². The van der Waals surface area contributed by atoms with Crippen LogP contribution in [0, 0.1) is 0 Å². The number of hydrogen-bond acceptors (Lipinski definition) is 4. The maximum absolute atomic E-state index is 12.7. The quantitative estimate of drug-likeness (QED) is 0.811. The van der Waals surface area contributed by atoms with Gasteiger partial charge in [-0.3, -0.25) is 9.59 Å². The average Bonchev–Trinajstić information content (AvgIpc) is 2.76. The molecule has 2 aromatic rings. The molecule has 0 fully saturated rings. The van der Waals surface area contributed by atoms with Crippen LogP contribution in [-0.2, 0) is 4.79 Å². The van der Waals surface area contributed by atoms with E-state index >= 15 is 0 Å². The van der Waals surface area contributed by atoms with E-state index in [1.807, 2.05) is 38.2 Å². The van der Waals surface area contributed by atoms with E-state index in [0.29, 0.717) is 5.56 Å². The van der Waals surface area contributed by atoms with Gasteiger partial charge < -0.3 is 0 Å². The number of nitrogens with zero attached hydrogens (tertiary/aromatic N) is 2. The molecular formula is C15H18N2O2S. The van der Waals surface area contributed by atoms with Crippen LogP contribution in [0.3, 0.4) is 0 Å². The first-order valence-electron chi connectivity index (χ1n) is 6.60. The fourth-order valence-electron chi connectivity index (χ4n) is 2.18. The molecular weight excluding hydrogens is 272 g/mol. The highest BCUT2D eigenvalue weighted by atomic mass is 32.2. The summed E-state index contributed by atoms with van der Waals surface area (Å²) in [4.78, 5) is 23.9. The van der Waals surface area contributed by atoms with Gasteiger partial charge in [-0.2, -0.15) is 5.10 Å². The summed E-state index contributed by atoms with van der Waals surface area (Å²) in [6.45, 7) is 7.28. The van der Waals surface area contributed by atoms with Gasteiger partial charge in [0.05, 0.1) is 22.0 Å². The predicted molar refractivity (Wildman–Crippen MR) is 81.3 cm³/mol. The number of fused-ring (bicyclic) bond motifs is 1. The Morgan fingerprint density at radius 1 is 1.25 bits per heavy atom. The SMILES string of the molecule is CC(=O)SC(C)C(=O)c1c(C(C)C)nn2ccccc12. The second kappa shape index (κ2) is 5.79. The first-order chi connectivity index (χ1) is 9.41. The number of carbonyl (C=O) groups excluding carboxylic acids is 2. The van der Waals surface area contributed by atoms with Crippen molar-refractivity contribution in [3.63, 3.8) is 0 Å². The number of ketones is 1. The zero-order chi connectivity index (χ0) is 14.9. The summed E-state index contributed by atoms with van der Waals surface area (Å²) in [5.41, 5.74) is 2.23. The summed E-state index contributed by atoms with van der Waals surface area (Å²) >= 11 is 1.06. The highest BCUT2D eigenvalue weighted by Crippen LogP contribution is 2.27. The van der Waals surface area contributed by atoms with Crippen molar-refractivity contribution in [2.75, 3.05) is 0 Å². The molecule has 0 radical (unpaired) electrons. The van der Waals surface area contributed by atoms with Gasteiger partial charge in [0.25, 0.3) is 0 Å². The van der Waals surface area contributed by atoms with Gasteiger partial charge >= 0.3 is 0 Å². The molecule has 1 unspecified atom stereocenters. The zero-order valence-electron chi connectivity index (χ0n) is 12.1. The minimum Gasteiger partial charge on any atom is -0.293 e. The molecule has 20 heavy (non-hydrogen) atoms. The monoisotopic (exact) mass is 290 g/mol. The molecule has 0 aliphatic heterocycles. The summed E-state index contributed by atoms with van der Waals surface area (Å²) in [6.07, 6.45) is 1.83. The van der Waals surface area contributed by atoms with E-state index in [1.165, 1.54) is 6.92 Å². The molecule has 0 saturated carbocycles. The molecule has 2 rings (SSSR count). The minimum atomic E-state index is -0.391. The number of pyridine rings is 1. The number of thioether (sulfide) groups is 1. The highest BCUT2D eigenvalue weighted by Gasteiger charge is 2.26. The van der Waals surface area contributed by atoms with E-state index in [9.17, 15) is 9.59 Å². The van der Waals surface area contributed by atoms with Gasteiger partial charge in [-0.15, -0.1) is 0 Å². The fourth-order valence-corrected chi connectivity index (χ4v) is 2.90. The summed E-state index contributed by atoms with van der Waals surface area (Å²) in [7, 11) is 0. The maximum atomic E-state index is 12.7. The molecule has 0 amide bonds. The molecule has 0 saturated heterocycles. The van der Waals surface area contributed by atoms with Crippen LogP contribution in [0.15, 0.2) is 24.4 Å². The van der Waals surface area contributed by atoms with Crippen LogP contribution < -0.4 is 0 Å². The summed E-state index contributed by atoms with van der Waals surface area (Å²) < 4.78 is 1.73. The van der Waals surface area contributed by atoms with Crippen LogP contribution in [0.4, 0.5) is 0 Å². The Morgan fingerprint density at radius 3 is 2.55 bits per heavy atom. The Balaban J connectivity index is 2.53. The average molecular weight is 290 g/mol. The normalized spacial score (nSPS) is 12.8. The zero-order valence-corrected chi connectivity index (χ0v) is 12.9. The van der Waals surface area contributed by atoms with Crippen molar-refractivity contribution in [2.24, 2.45) is 0 Å². The molecule has 2 aromatic heterocycles. The second-order valence-electron chi connectivity index (χ2n) is 5.06. The Labute approximate surface area is 122 Å². The van der Waals surface area contributed by atoms with Crippen molar-refractivity contribution >= 4 is 28.2 Å². The van der Waals surface area contributed by atoms with Crippen LogP contribution in [0.25, 0.3) is 5.52 Å². The van der Waals surface area contributed by atoms with Crippen molar-refractivity contribution in [3.05, 3.63) is 35.7 Å². The highest BCUT2D eigenvalue weighted by molar-refractivity contribution is 8.14. The molecule has 1 atom stereocenters. The minimum absolute atomic E-state index is 0.0323. The summed E-state index contributed by atoms with van der Waals surface area (Å²) in [5.74, 6) is 0.124. The Kier molecular flexibility index (Phi) is 4.28. The van der Waals surface area contributed by atoms with Gasteiger partial charge in [-0.05, 0) is 25.0 Å². The third-order valence-electron chi connectivity index (χ3n) is 3.07. The predicted octanol–water partition coefficient (Wildman–Crippen LogP) is 3.31. The molecule has 4 nitrogen and oxygen atoms in total. The summed E-state index contributed by atoms with van der Waals surface area (Å²) in [5, 5.41) is 4.06. The van der Waals surface area contributed by atoms with E-state index in [2.05, 4.69) is 5.10 Å². The van der Waals surface area contributed by atoms with E-state index in [1.54, 1.807) is 11.4 Å². The molecule has 2 heterocycles. The lowest BCUT2D eigenvalue weighted by Gasteiger charge is -2.10. The van der Waals surface area contributed by atoms with Crippen molar-refractivity contribution in [1.82, 2.24) is 9.61 Å². The van der Waals surface area contributed by atoms with Gasteiger partial charge in [0, 0.05) is 13.1 Å². The second-order valence-corrected chi connectivity index (χ2v) is 6.58. The van der Waals surface area contributed by atoms with Gasteiger partial charge in [0.15, 0.2) is 10.9 Å². The van der Waals surface area contributed by atoms with Gasteiger partial charge in [0.1, 0.15) is 0 Å². The lowest BCUT2D eigenvalue weighted by Crippen LogP contribution is -2.17. The molecule has 0 spiro atoms. The van der Waals surface area contributed by atoms with Gasteiger partial charge in [-0.1, -0.05) is 31.7 Å². The van der Waals surface area contributed by atoms with Crippen molar-refractivity contribution in [1.29, 1.82) is 0 Å². The first-order valence-corrected chi connectivity index (χ1v) is 7.48. The number of rotatable bonds is 4. The molecule has 0 aliphatic rings. The van der Waals surface area contributed by atoms with Crippen LogP contribution in [0.2, 0.25) is 0 Å². The largest absolute Gasteiger partial charge is 0.293 e. The summed E-state index contributed by atoms with van der Waals surface area (Å²) in [6, 6.07) is 5.66. The smallest absolute Gasteiger partial charge is 0.186 e. The topological polar surface area (TPSA) is 51.4 Å². The molecule has 0 aliphatic carbocycles. The lowest BCUT2D eigenvalue weighted by atomic mass is 10.00. The number of Topliss-reactive ketones (excluding diaryl/α,β-unsaturated/α-hetero) is 1. The first kappa shape index (κ1) is 14.8. The maximum Gasteiger partial charge on any atom is 0.186 e. The Bertz CT molecular complexity index is 661. The Morgan fingerprint density at radius 2 is 1.95 bits per heavy atom. The van der Waals surface area contributed by atoms with Crippen LogP contribution >= 0.6 is 11.8 Å². The van der Waals surface area contributed by atoms with E-state index in [0.717, 1.165) is 23.0 Å². The van der Waals surface area contributed by atoms with Crippen molar-refractivity contribution < 1.29 is 9.59 Å². The molecule has 5 heteroatoms. The van der Waals surface area contributed by atoms with Gasteiger partial charge in [-0.25, -0.2) is 4.52 Å². The number of hydrogen-bond donors (Lipinski definition) is 0. The van der Waals surface area contributed by atoms with Gasteiger partial charge in [0.2, 0.25) is 0 Å².